The average molecular weight is 453 g/mol. The normalized spacial score (nSPS) is 14.1. The molecule has 1 aromatic carbocycles. The summed E-state index contributed by atoms with van der Waals surface area (Å²) in [4.78, 5) is 36.7. The minimum Gasteiger partial charge on any atom is -0.439 e. The van der Waals surface area contributed by atoms with Crippen LogP contribution in [0.1, 0.15) is 40.6 Å². The van der Waals surface area contributed by atoms with Gasteiger partial charge >= 0.3 is 0 Å². The van der Waals surface area contributed by atoms with Crippen LogP contribution < -0.4 is 4.74 Å². The quantitative estimate of drug-likeness (QED) is 0.442. The van der Waals surface area contributed by atoms with Crippen molar-refractivity contribution < 1.29 is 9.53 Å². The van der Waals surface area contributed by atoms with Crippen molar-refractivity contribution in [2.45, 2.75) is 25.7 Å². The molecule has 8 nitrogen and oxygen atoms in total. The van der Waals surface area contributed by atoms with Crippen LogP contribution >= 0.6 is 0 Å². The number of nitrogens with zero attached hydrogens (tertiary/aromatic N) is 6. The first kappa shape index (κ1) is 21.6. The molecule has 170 valence electrons. The van der Waals surface area contributed by atoms with Crippen molar-refractivity contribution in [2.24, 2.45) is 0 Å². The molecule has 0 N–H and O–H groups in total. The molecule has 3 aromatic heterocycles. The van der Waals surface area contributed by atoms with Gasteiger partial charge < -0.3 is 9.64 Å². The van der Waals surface area contributed by atoms with E-state index in [-0.39, 0.29) is 11.8 Å². The van der Waals surface area contributed by atoms with Crippen molar-refractivity contribution in [3.05, 3.63) is 90.7 Å². The van der Waals surface area contributed by atoms with Gasteiger partial charge in [0.1, 0.15) is 17.9 Å². The Bertz CT molecular complexity index is 1270. The van der Waals surface area contributed by atoms with Crippen molar-refractivity contribution in [3.8, 4) is 22.8 Å². The van der Waals surface area contributed by atoms with E-state index >= 15 is 0 Å². The molecule has 1 aliphatic rings. The molecule has 0 saturated carbocycles. The number of aromatic nitrogens is 5. The zero-order valence-electron chi connectivity index (χ0n) is 18.8. The van der Waals surface area contributed by atoms with Crippen molar-refractivity contribution in [2.75, 3.05) is 13.1 Å². The maximum Gasteiger partial charge on any atom is 0.255 e. The molecule has 8 heteroatoms. The van der Waals surface area contributed by atoms with Crippen LogP contribution in [0.4, 0.5) is 0 Å². The summed E-state index contributed by atoms with van der Waals surface area (Å²) in [6.45, 7) is 3.21. The molecule has 0 bridgehead atoms. The average Bonchev–Trinajstić information content (AvgIpc) is 2.89. The summed E-state index contributed by atoms with van der Waals surface area (Å²) in [6.07, 6.45) is 9.80. The fourth-order valence-electron chi connectivity index (χ4n) is 4.09. The van der Waals surface area contributed by atoms with E-state index in [0.717, 1.165) is 41.2 Å². The van der Waals surface area contributed by atoms with E-state index in [2.05, 4.69) is 24.9 Å². The van der Waals surface area contributed by atoms with E-state index in [9.17, 15) is 4.79 Å². The third-order valence-corrected chi connectivity index (χ3v) is 5.84. The molecule has 0 atom stereocenters. The van der Waals surface area contributed by atoms with Crippen LogP contribution in [0.15, 0.2) is 73.6 Å². The topological polar surface area (TPSA) is 94.0 Å². The molecule has 1 saturated heterocycles. The number of hydrogen-bond donors (Lipinski definition) is 0. The van der Waals surface area contributed by atoms with E-state index in [1.165, 1.54) is 6.33 Å². The molecular weight excluding hydrogens is 428 g/mol. The van der Waals surface area contributed by atoms with E-state index < -0.39 is 0 Å². The lowest BCUT2D eigenvalue weighted by Gasteiger charge is -2.31. The summed E-state index contributed by atoms with van der Waals surface area (Å²) in [5.74, 6) is 2.20. The van der Waals surface area contributed by atoms with Crippen molar-refractivity contribution >= 4 is 5.91 Å². The number of hydrogen-bond acceptors (Lipinski definition) is 7. The van der Waals surface area contributed by atoms with Gasteiger partial charge in [0, 0.05) is 66.7 Å². The molecule has 0 unspecified atom stereocenters. The number of amides is 1. The van der Waals surface area contributed by atoms with Gasteiger partial charge in [-0.15, -0.1) is 0 Å². The number of carbonyl (C=O) groups is 1. The van der Waals surface area contributed by atoms with Crippen LogP contribution in [-0.2, 0) is 0 Å². The molecule has 5 rings (SSSR count). The van der Waals surface area contributed by atoms with Gasteiger partial charge in [-0.3, -0.25) is 9.78 Å². The zero-order valence-corrected chi connectivity index (χ0v) is 18.8. The lowest BCUT2D eigenvalue weighted by atomic mass is 9.95. The van der Waals surface area contributed by atoms with Crippen LogP contribution in [0.2, 0.25) is 0 Å². The SMILES string of the molecule is Cc1cc(Oc2ccccc2)nc(C2CCN(C(=O)c3cncc(-c4cncnc4)c3)CC2)n1. The highest BCUT2D eigenvalue weighted by molar-refractivity contribution is 5.95. The molecule has 34 heavy (non-hydrogen) atoms. The summed E-state index contributed by atoms with van der Waals surface area (Å²) >= 11 is 0. The number of pyridine rings is 1. The fraction of sp³-hybridized carbons (Fsp3) is 0.231. The number of carbonyl (C=O) groups excluding carboxylic acids is 1. The highest BCUT2D eigenvalue weighted by atomic mass is 16.5. The van der Waals surface area contributed by atoms with Crippen LogP contribution in [0.3, 0.4) is 0 Å². The Kier molecular flexibility index (Phi) is 6.20. The Morgan fingerprint density at radius 2 is 1.65 bits per heavy atom. The first-order valence-corrected chi connectivity index (χ1v) is 11.2. The Morgan fingerprint density at radius 3 is 2.41 bits per heavy atom. The Morgan fingerprint density at radius 1 is 0.912 bits per heavy atom. The van der Waals surface area contributed by atoms with Gasteiger partial charge in [-0.2, -0.15) is 4.98 Å². The van der Waals surface area contributed by atoms with Gasteiger partial charge in [0.05, 0.1) is 5.56 Å². The van der Waals surface area contributed by atoms with Gasteiger partial charge in [0.25, 0.3) is 5.91 Å². The number of piperidine rings is 1. The first-order valence-electron chi connectivity index (χ1n) is 11.2. The number of rotatable bonds is 5. The van der Waals surface area contributed by atoms with Gasteiger partial charge in [0.2, 0.25) is 5.88 Å². The Balaban J connectivity index is 1.26. The molecule has 0 spiro atoms. The van der Waals surface area contributed by atoms with Crippen LogP contribution in [0.5, 0.6) is 11.6 Å². The minimum absolute atomic E-state index is 0.0251. The van der Waals surface area contributed by atoms with Crippen molar-refractivity contribution in [1.29, 1.82) is 0 Å². The zero-order chi connectivity index (χ0) is 23.3. The maximum atomic E-state index is 13.1. The molecule has 1 fully saturated rings. The second-order valence-electron chi connectivity index (χ2n) is 8.28. The summed E-state index contributed by atoms with van der Waals surface area (Å²) < 4.78 is 5.92. The number of aryl methyl sites for hydroxylation is 1. The second kappa shape index (κ2) is 9.74. The standard InChI is InChI=1S/C26H24N6O2/c1-18-11-24(34-23-5-3-2-4-6-23)31-25(30-18)19-7-9-32(10-8-19)26(33)21-12-20(13-27-14-21)22-15-28-17-29-16-22/h2-6,11-17,19H,7-10H2,1H3. The van der Waals surface area contributed by atoms with Crippen LogP contribution in [0.25, 0.3) is 11.1 Å². The molecule has 4 heterocycles. The van der Waals surface area contributed by atoms with Gasteiger partial charge in [-0.25, -0.2) is 15.0 Å². The molecule has 4 aromatic rings. The molecule has 1 amide bonds. The lowest BCUT2D eigenvalue weighted by Crippen LogP contribution is -2.38. The maximum absolute atomic E-state index is 13.1. The molecule has 0 aliphatic carbocycles. The van der Waals surface area contributed by atoms with E-state index in [1.807, 2.05) is 54.3 Å². The van der Waals surface area contributed by atoms with Gasteiger partial charge in [-0.1, -0.05) is 18.2 Å². The van der Waals surface area contributed by atoms with Crippen LogP contribution in [0, 0.1) is 6.92 Å². The third kappa shape index (κ3) is 4.91. The van der Waals surface area contributed by atoms with Gasteiger partial charge in [0.15, 0.2) is 0 Å². The summed E-state index contributed by atoms with van der Waals surface area (Å²) in [5, 5.41) is 0. The summed E-state index contributed by atoms with van der Waals surface area (Å²) in [7, 11) is 0. The monoisotopic (exact) mass is 452 g/mol. The fourth-order valence-corrected chi connectivity index (χ4v) is 4.09. The summed E-state index contributed by atoms with van der Waals surface area (Å²) in [6, 6.07) is 13.3. The largest absolute Gasteiger partial charge is 0.439 e. The predicted octanol–water partition coefficient (Wildman–Crippen LogP) is 4.45. The smallest absolute Gasteiger partial charge is 0.255 e. The Hall–Kier alpha value is -4.20. The minimum atomic E-state index is -0.0251. The van der Waals surface area contributed by atoms with Gasteiger partial charge in [-0.05, 0) is 38.0 Å². The molecular formula is C26H24N6O2. The number of likely N-dealkylation sites (tertiary alicyclic amines) is 1. The van der Waals surface area contributed by atoms with Crippen molar-refractivity contribution in [3.63, 3.8) is 0 Å². The lowest BCUT2D eigenvalue weighted by molar-refractivity contribution is 0.0710. The number of ether oxygens (including phenoxy) is 1. The number of benzene rings is 1. The molecule has 1 aliphatic heterocycles. The highest BCUT2D eigenvalue weighted by Gasteiger charge is 2.27. The van der Waals surface area contributed by atoms with E-state index in [0.29, 0.717) is 24.5 Å². The third-order valence-electron chi connectivity index (χ3n) is 5.84. The number of para-hydroxylation sites is 1. The molecule has 0 radical (unpaired) electrons. The van der Waals surface area contributed by atoms with Crippen LogP contribution in [-0.4, -0.2) is 48.8 Å². The highest BCUT2D eigenvalue weighted by Crippen LogP contribution is 2.29. The first-order chi connectivity index (χ1) is 16.7. The Labute approximate surface area is 197 Å². The second-order valence-corrected chi connectivity index (χ2v) is 8.28. The summed E-state index contributed by atoms with van der Waals surface area (Å²) in [5.41, 5.74) is 3.07. The van der Waals surface area contributed by atoms with Crippen molar-refractivity contribution in [1.82, 2.24) is 29.8 Å². The van der Waals surface area contributed by atoms with E-state index in [4.69, 9.17) is 4.74 Å². The van der Waals surface area contributed by atoms with E-state index in [1.54, 1.807) is 24.8 Å². The predicted molar refractivity (Wildman–Crippen MR) is 126 cm³/mol.